The van der Waals surface area contributed by atoms with Crippen LogP contribution in [-0.4, -0.2) is 42.2 Å². The maximum Gasteiger partial charge on any atom is 0.344 e. The van der Waals surface area contributed by atoms with Gasteiger partial charge in [-0.1, -0.05) is 0 Å². The smallest absolute Gasteiger partial charge is 0.323 e. The lowest BCUT2D eigenvalue weighted by molar-refractivity contribution is 0.201. The Morgan fingerprint density at radius 1 is 1.17 bits per heavy atom. The van der Waals surface area contributed by atoms with E-state index in [-0.39, 0.29) is 0 Å². The molecule has 9 heteroatoms. The molecule has 6 nitrogen and oxygen atoms in total. The molecule has 0 aliphatic rings. The van der Waals surface area contributed by atoms with E-state index in [0.717, 1.165) is 10.7 Å². The van der Waals surface area contributed by atoms with Gasteiger partial charge in [0.05, 0.1) is 4.90 Å². The number of sulfone groups is 1. The monoisotopic (exact) mass is 343 g/mol. The Bertz CT molecular complexity index is 809. The van der Waals surface area contributed by atoms with E-state index in [9.17, 15) is 22.0 Å². The molecule has 2 rings (SSSR count). The molecule has 0 unspecified atom stereocenters. The van der Waals surface area contributed by atoms with Crippen LogP contribution in [0.25, 0.3) is 0 Å². The molecule has 0 saturated carbocycles. The van der Waals surface area contributed by atoms with Gasteiger partial charge in [0.15, 0.2) is 5.03 Å². The highest BCUT2D eigenvalue weighted by molar-refractivity contribution is 7.91. The first-order chi connectivity index (χ1) is 10.8. The minimum atomic E-state index is -4.22. The predicted octanol–water partition coefficient (Wildman–Crippen LogP) is 2.30. The van der Waals surface area contributed by atoms with Gasteiger partial charge in [0.25, 0.3) is 0 Å². The van der Waals surface area contributed by atoms with E-state index in [4.69, 9.17) is 0 Å². The maximum atomic E-state index is 13.2. The summed E-state index contributed by atoms with van der Waals surface area (Å²) < 4.78 is 52.0. The number of halogens is 2. The van der Waals surface area contributed by atoms with Crippen LogP contribution in [0.2, 0.25) is 0 Å². The number of rotatable bonds is 4. The average Bonchev–Trinajstić information content (AvgIpc) is 2.98. The summed E-state index contributed by atoms with van der Waals surface area (Å²) in [7, 11) is -4.22. The van der Waals surface area contributed by atoms with E-state index in [1.807, 2.05) is 0 Å². The maximum absolute atomic E-state index is 13.2. The lowest BCUT2D eigenvalue weighted by Gasteiger charge is -2.17. The molecule has 0 N–H and O–H groups in total. The summed E-state index contributed by atoms with van der Waals surface area (Å²) >= 11 is 0. The van der Waals surface area contributed by atoms with Crippen LogP contribution in [0, 0.1) is 11.6 Å². The Balaban J connectivity index is 2.41. The van der Waals surface area contributed by atoms with Crippen molar-refractivity contribution in [3.8, 4) is 0 Å². The van der Waals surface area contributed by atoms with Crippen molar-refractivity contribution in [3.63, 3.8) is 0 Å². The molecule has 1 heterocycles. The number of carbonyl (C=O) groups is 1. The normalized spacial score (nSPS) is 11.5. The lowest BCUT2D eigenvalue weighted by Crippen LogP contribution is -2.34. The van der Waals surface area contributed by atoms with Crippen LogP contribution in [0.1, 0.15) is 13.8 Å². The van der Waals surface area contributed by atoms with Crippen LogP contribution in [0.3, 0.4) is 0 Å². The second-order valence-electron chi connectivity index (χ2n) is 4.66. The highest BCUT2D eigenvalue weighted by Crippen LogP contribution is 2.21. The Hall–Kier alpha value is -2.29. The highest BCUT2D eigenvalue weighted by atomic mass is 32.2. The Morgan fingerprint density at radius 3 is 2.26 bits per heavy atom. The van der Waals surface area contributed by atoms with E-state index >= 15 is 0 Å². The molecular formula is C14H15F2N3O3S. The molecule has 1 aromatic carbocycles. The average molecular weight is 343 g/mol. The van der Waals surface area contributed by atoms with Crippen molar-refractivity contribution in [2.45, 2.75) is 23.8 Å². The molecule has 0 saturated heterocycles. The minimum absolute atomic E-state index is 0.437. The van der Waals surface area contributed by atoms with Crippen molar-refractivity contribution in [2.75, 3.05) is 13.1 Å². The van der Waals surface area contributed by atoms with Crippen LogP contribution in [-0.2, 0) is 9.84 Å². The summed E-state index contributed by atoms with van der Waals surface area (Å²) in [5, 5.41) is 3.27. The van der Waals surface area contributed by atoms with Crippen LogP contribution in [0.4, 0.5) is 13.6 Å². The molecule has 0 spiro atoms. The molecule has 0 aliphatic heterocycles. The number of hydrogen-bond acceptors (Lipinski definition) is 4. The zero-order valence-electron chi connectivity index (χ0n) is 12.5. The third-order valence-corrected chi connectivity index (χ3v) is 4.84. The van der Waals surface area contributed by atoms with E-state index in [1.165, 1.54) is 11.1 Å². The van der Waals surface area contributed by atoms with Crippen molar-refractivity contribution >= 4 is 15.9 Å². The molecule has 0 atom stereocenters. The summed E-state index contributed by atoms with van der Waals surface area (Å²) in [6, 6.07) is 2.59. The van der Waals surface area contributed by atoms with E-state index in [2.05, 4.69) is 5.10 Å². The van der Waals surface area contributed by atoms with Gasteiger partial charge >= 0.3 is 6.03 Å². The van der Waals surface area contributed by atoms with Gasteiger partial charge in [-0.3, -0.25) is 0 Å². The van der Waals surface area contributed by atoms with Crippen molar-refractivity contribution in [3.05, 3.63) is 42.1 Å². The van der Waals surface area contributed by atoms with Gasteiger partial charge in [-0.05, 0) is 32.0 Å². The quantitative estimate of drug-likeness (QED) is 0.854. The van der Waals surface area contributed by atoms with Gasteiger partial charge in [0.2, 0.25) is 9.84 Å². The van der Waals surface area contributed by atoms with Gasteiger partial charge in [-0.15, -0.1) is 0 Å². The Labute approximate surface area is 132 Å². The lowest BCUT2D eigenvalue weighted by atomic mass is 10.3. The second kappa shape index (κ2) is 6.45. The first-order valence-electron chi connectivity index (χ1n) is 6.85. The van der Waals surface area contributed by atoms with Crippen LogP contribution in [0.15, 0.2) is 40.4 Å². The fourth-order valence-corrected chi connectivity index (χ4v) is 3.21. The standard InChI is InChI=1S/C14H15F2N3O3S/c1-3-18(4-2)14(20)19-6-5-13(17-19)23(21,22)12-8-10(15)7-11(16)9-12/h5-9H,3-4H2,1-2H3. The van der Waals surface area contributed by atoms with Crippen LogP contribution >= 0.6 is 0 Å². The van der Waals surface area contributed by atoms with Crippen molar-refractivity contribution in [2.24, 2.45) is 0 Å². The molecule has 0 bridgehead atoms. The summed E-state index contributed by atoms with van der Waals surface area (Å²) in [5.41, 5.74) is 0. The zero-order chi connectivity index (χ0) is 17.2. The highest BCUT2D eigenvalue weighted by Gasteiger charge is 2.24. The number of nitrogens with zero attached hydrogens (tertiary/aromatic N) is 3. The molecule has 124 valence electrons. The molecular weight excluding hydrogens is 328 g/mol. The fraction of sp³-hybridized carbons (Fsp3) is 0.286. The van der Waals surface area contributed by atoms with Crippen molar-refractivity contribution < 1.29 is 22.0 Å². The zero-order valence-corrected chi connectivity index (χ0v) is 13.3. The fourth-order valence-electron chi connectivity index (χ4n) is 2.00. The molecule has 2 aromatic rings. The number of hydrogen-bond donors (Lipinski definition) is 0. The van der Waals surface area contributed by atoms with Crippen molar-refractivity contribution in [1.82, 2.24) is 14.7 Å². The second-order valence-corrected chi connectivity index (χ2v) is 6.56. The van der Waals surface area contributed by atoms with Gasteiger partial charge in [-0.2, -0.15) is 9.78 Å². The van der Waals surface area contributed by atoms with Gasteiger partial charge in [0, 0.05) is 25.4 Å². The largest absolute Gasteiger partial charge is 0.344 e. The van der Waals surface area contributed by atoms with E-state index in [0.29, 0.717) is 31.3 Å². The van der Waals surface area contributed by atoms with Crippen LogP contribution < -0.4 is 0 Å². The molecule has 0 fully saturated rings. The molecule has 0 aliphatic carbocycles. The Kier molecular flexibility index (Phi) is 4.79. The summed E-state index contributed by atoms with van der Waals surface area (Å²) in [4.78, 5) is 13.0. The van der Waals surface area contributed by atoms with Gasteiger partial charge in [-0.25, -0.2) is 22.0 Å². The summed E-state index contributed by atoms with van der Waals surface area (Å²) in [6.07, 6.45) is 1.20. The van der Waals surface area contributed by atoms with E-state index < -0.39 is 37.4 Å². The number of carbonyl (C=O) groups excluding carboxylic acids is 1. The van der Waals surface area contributed by atoms with Gasteiger partial charge in [0.1, 0.15) is 11.6 Å². The molecule has 0 radical (unpaired) electrons. The topological polar surface area (TPSA) is 72.3 Å². The summed E-state index contributed by atoms with van der Waals surface area (Å²) in [5.74, 6) is -2.02. The summed E-state index contributed by atoms with van der Waals surface area (Å²) in [6.45, 7) is 4.43. The predicted molar refractivity (Wildman–Crippen MR) is 77.8 cm³/mol. The van der Waals surface area contributed by atoms with E-state index in [1.54, 1.807) is 13.8 Å². The molecule has 1 aromatic heterocycles. The number of amides is 1. The third-order valence-electron chi connectivity index (χ3n) is 3.22. The third kappa shape index (κ3) is 3.39. The number of benzene rings is 1. The SMILES string of the molecule is CCN(CC)C(=O)n1ccc(S(=O)(=O)c2cc(F)cc(F)c2)n1. The first-order valence-corrected chi connectivity index (χ1v) is 8.34. The first kappa shape index (κ1) is 17.1. The van der Waals surface area contributed by atoms with Crippen LogP contribution in [0.5, 0.6) is 0 Å². The molecule has 23 heavy (non-hydrogen) atoms. The van der Waals surface area contributed by atoms with Crippen molar-refractivity contribution in [1.29, 1.82) is 0 Å². The number of aromatic nitrogens is 2. The Morgan fingerprint density at radius 2 is 1.74 bits per heavy atom. The van der Waals surface area contributed by atoms with Gasteiger partial charge < -0.3 is 4.90 Å². The molecule has 1 amide bonds. The minimum Gasteiger partial charge on any atom is -0.323 e.